The number of aromatic nitrogens is 2. The molecular formula is C70H46N2S2. The van der Waals surface area contributed by atoms with Crippen molar-refractivity contribution in [3.8, 4) is 87.9 Å². The van der Waals surface area contributed by atoms with Crippen molar-refractivity contribution in [1.29, 1.82) is 0 Å². The van der Waals surface area contributed by atoms with Crippen LogP contribution in [-0.2, 0) is 0 Å². The van der Waals surface area contributed by atoms with E-state index in [0.29, 0.717) is 0 Å². The summed E-state index contributed by atoms with van der Waals surface area (Å²) in [5, 5.41) is 9.28. The summed E-state index contributed by atoms with van der Waals surface area (Å²) in [6, 6.07) is 89.6. The van der Waals surface area contributed by atoms with E-state index in [1.165, 1.54) is 108 Å². The van der Waals surface area contributed by atoms with Crippen LogP contribution < -0.4 is 0 Å². The van der Waals surface area contributed by atoms with Gasteiger partial charge in [0.1, 0.15) is 10.0 Å². The van der Waals surface area contributed by atoms with E-state index < -0.39 is 0 Å². The summed E-state index contributed by atoms with van der Waals surface area (Å²) in [4.78, 5) is 10.2. The monoisotopic (exact) mass is 978 g/mol. The molecule has 0 aliphatic carbocycles. The van der Waals surface area contributed by atoms with Crippen LogP contribution in [0.15, 0.2) is 243 Å². The number of aryl methyl sites for hydroxylation is 2. The Balaban J connectivity index is 1.15. The smallest absolute Gasteiger partial charge is 0.124 e. The second-order valence-electron chi connectivity index (χ2n) is 19.3. The molecule has 0 saturated carbocycles. The maximum atomic E-state index is 5.12. The maximum absolute atomic E-state index is 5.12. The maximum Gasteiger partial charge on any atom is 0.124 e. The van der Waals surface area contributed by atoms with Crippen molar-refractivity contribution in [3.63, 3.8) is 0 Å². The van der Waals surface area contributed by atoms with Crippen LogP contribution in [0.1, 0.15) is 11.1 Å². The molecule has 0 amide bonds. The van der Waals surface area contributed by atoms with Gasteiger partial charge in [0, 0.05) is 11.1 Å². The summed E-state index contributed by atoms with van der Waals surface area (Å²) in [6.45, 7) is 4.29. The van der Waals surface area contributed by atoms with E-state index >= 15 is 0 Å². The molecule has 0 aliphatic heterocycles. The van der Waals surface area contributed by atoms with Crippen LogP contribution in [-0.4, -0.2) is 9.97 Å². The third-order valence-electron chi connectivity index (χ3n) is 14.6. The normalized spacial score (nSPS) is 11.6. The lowest BCUT2D eigenvalue weighted by atomic mass is 9.76. The van der Waals surface area contributed by atoms with Gasteiger partial charge in [-0.15, -0.1) is 22.7 Å². The second-order valence-corrected chi connectivity index (χ2v) is 21.4. The summed E-state index contributed by atoms with van der Waals surface area (Å²) in [5.74, 6) is 0. The Bertz CT molecular complexity index is 4160. The molecule has 348 valence electrons. The molecular weight excluding hydrogens is 933 g/mol. The van der Waals surface area contributed by atoms with Gasteiger partial charge < -0.3 is 0 Å². The van der Waals surface area contributed by atoms with Gasteiger partial charge in [-0.1, -0.05) is 206 Å². The Morgan fingerprint density at radius 1 is 0.270 bits per heavy atom. The number of hydrogen-bond acceptors (Lipinski definition) is 4. The molecule has 14 aromatic rings. The van der Waals surface area contributed by atoms with E-state index in [0.717, 1.165) is 43.3 Å². The van der Waals surface area contributed by atoms with Crippen molar-refractivity contribution < 1.29 is 0 Å². The van der Waals surface area contributed by atoms with E-state index in [4.69, 9.17) is 9.97 Å². The Kier molecular flexibility index (Phi) is 10.7. The van der Waals surface area contributed by atoms with Gasteiger partial charge >= 0.3 is 0 Å². The standard InChI is InChI=1S/C70H46N2S2/c1-43-27-37-59-61(39-43)73-69(71-59)51-33-29-49(30-34-51)63-53-25-15-16-26-54(53)64(50-31-35-52(36-32-50)70-72-60-38-28-44(2)40-62(60)74-70)68-66(48-23-13-6-14-24-48)58-42-56(46-19-9-4-10-20-46)55(45-17-7-3-8-18-45)41-57(58)65(67(63)68)47-21-11-5-12-22-47/h3-42H,1-2H3. The molecule has 0 atom stereocenters. The number of benzene rings is 12. The third-order valence-corrected chi connectivity index (χ3v) is 16.8. The summed E-state index contributed by atoms with van der Waals surface area (Å²) in [6.07, 6.45) is 0. The zero-order valence-electron chi connectivity index (χ0n) is 40.8. The van der Waals surface area contributed by atoms with E-state index in [2.05, 4.69) is 257 Å². The van der Waals surface area contributed by atoms with Gasteiger partial charge in [-0.25, -0.2) is 9.97 Å². The van der Waals surface area contributed by atoms with Crippen molar-refractivity contribution >= 4 is 75.4 Å². The molecule has 0 fully saturated rings. The molecule has 0 unspecified atom stereocenters. The fourth-order valence-electron chi connectivity index (χ4n) is 11.2. The van der Waals surface area contributed by atoms with Gasteiger partial charge in [-0.2, -0.15) is 0 Å². The summed E-state index contributed by atoms with van der Waals surface area (Å²) in [7, 11) is 0. The van der Waals surface area contributed by atoms with Gasteiger partial charge in [-0.3, -0.25) is 0 Å². The predicted molar refractivity (Wildman–Crippen MR) is 318 cm³/mol. The van der Waals surface area contributed by atoms with Crippen LogP contribution in [0.3, 0.4) is 0 Å². The Morgan fingerprint density at radius 2 is 0.581 bits per heavy atom. The first-order valence-electron chi connectivity index (χ1n) is 25.2. The molecule has 0 aliphatic rings. The number of thiazole rings is 2. The average Bonchev–Trinajstić information content (AvgIpc) is 4.10. The molecule has 0 spiro atoms. The number of fused-ring (bicyclic) bond motifs is 5. The van der Waals surface area contributed by atoms with Crippen molar-refractivity contribution in [2.75, 3.05) is 0 Å². The van der Waals surface area contributed by atoms with Gasteiger partial charge in [-0.05, 0) is 160 Å². The molecule has 2 aromatic heterocycles. The highest BCUT2D eigenvalue weighted by Gasteiger charge is 2.27. The zero-order valence-corrected chi connectivity index (χ0v) is 42.4. The highest BCUT2D eigenvalue weighted by atomic mass is 32.1. The Hall–Kier alpha value is -8.80. The fraction of sp³-hybridized carbons (Fsp3) is 0.0286. The molecule has 0 saturated heterocycles. The average molecular weight is 979 g/mol. The van der Waals surface area contributed by atoms with Crippen LogP contribution in [0.5, 0.6) is 0 Å². The quantitative estimate of drug-likeness (QED) is 0.142. The van der Waals surface area contributed by atoms with E-state index in [1.54, 1.807) is 22.7 Å². The largest absolute Gasteiger partial charge is 0.236 e. The topological polar surface area (TPSA) is 25.8 Å². The molecule has 14 rings (SSSR count). The van der Waals surface area contributed by atoms with E-state index in [9.17, 15) is 0 Å². The van der Waals surface area contributed by atoms with Crippen molar-refractivity contribution in [1.82, 2.24) is 9.97 Å². The molecule has 74 heavy (non-hydrogen) atoms. The summed E-state index contributed by atoms with van der Waals surface area (Å²) in [5.41, 5.74) is 21.0. The van der Waals surface area contributed by atoms with E-state index in [-0.39, 0.29) is 0 Å². The first-order chi connectivity index (χ1) is 36.5. The van der Waals surface area contributed by atoms with Gasteiger partial charge in [0.25, 0.3) is 0 Å². The Labute approximate surface area is 438 Å². The summed E-state index contributed by atoms with van der Waals surface area (Å²) < 4.78 is 2.41. The van der Waals surface area contributed by atoms with Gasteiger partial charge in [0.15, 0.2) is 0 Å². The van der Waals surface area contributed by atoms with Crippen LogP contribution >= 0.6 is 22.7 Å². The molecule has 2 nitrogen and oxygen atoms in total. The molecule has 0 radical (unpaired) electrons. The SMILES string of the molecule is Cc1ccc2nc(-c3ccc(-c4c5ccccc5c(-c5ccc(-c6nc7ccc(C)cc7s6)cc5)c5c(-c6ccccc6)c6cc(-c7ccccc7)c(-c7ccccc7)cc6c(-c6ccccc6)c45)cc3)sc2c1. The van der Waals surface area contributed by atoms with Gasteiger partial charge in [0.05, 0.1) is 20.4 Å². The van der Waals surface area contributed by atoms with Crippen LogP contribution in [0, 0.1) is 13.8 Å². The lowest BCUT2D eigenvalue weighted by molar-refractivity contribution is 1.45. The number of nitrogens with zero attached hydrogens (tertiary/aromatic N) is 2. The summed E-state index contributed by atoms with van der Waals surface area (Å²) >= 11 is 3.51. The minimum absolute atomic E-state index is 1.02. The molecule has 12 aromatic carbocycles. The Morgan fingerprint density at radius 3 is 0.959 bits per heavy atom. The third kappa shape index (κ3) is 7.53. The minimum atomic E-state index is 1.02. The molecule has 2 heterocycles. The predicted octanol–water partition coefficient (Wildman–Crippen LogP) is 20.3. The van der Waals surface area contributed by atoms with Crippen molar-refractivity contribution in [2.45, 2.75) is 13.8 Å². The first-order valence-corrected chi connectivity index (χ1v) is 26.8. The lowest BCUT2D eigenvalue weighted by Gasteiger charge is -2.26. The van der Waals surface area contributed by atoms with Crippen molar-refractivity contribution in [2.24, 2.45) is 0 Å². The lowest BCUT2D eigenvalue weighted by Crippen LogP contribution is -1.99. The highest BCUT2D eigenvalue weighted by Crippen LogP contribution is 2.55. The number of hydrogen-bond donors (Lipinski definition) is 0. The second kappa shape index (κ2) is 18.0. The molecule has 4 heteroatoms. The zero-order chi connectivity index (χ0) is 49.3. The van der Waals surface area contributed by atoms with Gasteiger partial charge in [0.2, 0.25) is 0 Å². The van der Waals surface area contributed by atoms with E-state index in [1.807, 2.05) is 0 Å². The highest BCUT2D eigenvalue weighted by molar-refractivity contribution is 7.22. The molecule has 0 bridgehead atoms. The van der Waals surface area contributed by atoms with Crippen LogP contribution in [0.4, 0.5) is 0 Å². The molecule has 0 N–H and O–H groups in total. The number of rotatable bonds is 8. The first kappa shape index (κ1) is 43.9. The fourth-order valence-corrected chi connectivity index (χ4v) is 13.4. The minimum Gasteiger partial charge on any atom is -0.236 e. The van der Waals surface area contributed by atoms with Crippen molar-refractivity contribution in [3.05, 3.63) is 254 Å². The van der Waals surface area contributed by atoms with Crippen LogP contribution in [0.2, 0.25) is 0 Å². The van der Waals surface area contributed by atoms with Crippen LogP contribution in [0.25, 0.3) is 141 Å².